The van der Waals surface area contributed by atoms with Gasteiger partial charge in [-0.25, -0.2) is 12.8 Å². The van der Waals surface area contributed by atoms with Gasteiger partial charge < -0.3 is 9.64 Å². The molecule has 0 unspecified atom stereocenters. The molecular formula is C22H27FN2O4S. The Hall–Kier alpha value is -2.61. The van der Waals surface area contributed by atoms with Crippen LogP contribution in [0.25, 0.3) is 0 Å². The molecule has 0 spiro atoms. The molecule has 1 aliphatic heterocycles. The fraction of sp³-hybridized carbons (Fsp3) is 0.409. The summed E-state index contributed by atoms with van der Waals surface area (Å²) in [5.41, 5.74) is 0.675. The zero-order valence-electron chi connectivity index (χ0n) is 17.3. The Morgan fingerprint density at radius 2 is 1.77 bits per heavy atom. The third-order valence-corrected chi connectivity index (χ3v) is 6.44. The maximum absolute atomic E-state index is 14.0. The molecule has 1 heterocycles. The van der Waals surface area contributed by atoms with Crippen molar-refractivity contribution in [3.63, 3.8) is 0 Å². The van der Waals surface area contributed by atoms with Crippen LogP contribution < -0.4 is 9.04 Å². The van der Waals surface area contributed by atoms with E-state index in [0.29, 0.717) is 17.4 Å². The third kappa shape index (κ3) is 5.72. The Morgan fingerprint density at radius 3 is 2.37 bits per heavy atom. The summed E-state index contributed by atoms with van der Waals surface area (Å²) < 4.78 is 45.2. The van der Waals surface area contributed by atoms with Gasteiger partial charge >= 0.3 is 0 Å². The molecular weight excluding hydrogens is 407 g/mol. The van der Waals surface area contributed by atoms with Crippen LogP contribution in [0.1, 0.15) is 25.3 Å². The predicted molar refractivity (Wildman–Crippen MR) is 114 cm³/mol. The second-order valence-corrected chi connectivity index (χ2v) is 9.61. The number of halogens is 1. The van der Waals surface area contributed by atoms with Crippen molar-refractivity contribution in [2.45, 2.75) is 26.3 Å². The van der Waals surface area contributed by atoms with Gasteiger partial charge in [0, 0.05) is 18.7 Å². The molecule has 1 amide bonds. The first-order chi connectivity index (χ1) is 14.2. The smallest absolute Gasteiger partial charge is 0.260 e. The summed E-state index contributed by atoms with van der Waals surface area (Å²) in [4.78, 5) is 14.1. The molecule has 0 bridgehead atoms. The molecule has 0 N–H and O–H groups in total. The van der Waals surface area contributed by atoms with Crippen molar-refractivity contribution < 1.29 is 22.3 Å². The summed E-state index contributed by atoms with van der Waals surface area (Å²) in [6.45, 7) is 3.52. The molecule has 0 atom stereocenters. The molecule has 0 radical (unpaired) electrons. The number of hydrogen-bond acceptors (Lipinski definition) is 4. The molecule has 1 fully saturated rings. The van der Waals surface area contributed by atoms with Gasteiger partial charge in [-0.1, -0.05) is 25.1 Å². The van der Waals surface area contributed by atoms with Gasteiger partial charge in [-0.05, 0) is 49.1 Å². The molecule has 162 valence electrons. The van der Waals surface area contributed by atoms with Gasteiger partial charge in [0.2, 0.25) is 10.0 Å². The number of hydrogen-bond donors (Lipinski definition) is 0. The highest BCUT2D eigenvalue weighted by molar-refractivity contribution is 7.92. The second kappa shape index (κ2) is 9.47. The van der Waals surface area contributed by atoms with Gasteiger partial charge in [0.05, 0.1) is 18.5 Å². The van der Waals surface area contributed by atoms with Crippen molar-refractivity contribution in [1.29, 1.82) is 0 Å². The van der Waals surface area contributed by atoms with Crippen molar-refractivity contribution in [3.05, 3.63) is 59.9 Å². The standard InChI is InChI=1S/C22H27FN2O4S/c1-17-11-13-24(14-12-17)22(26)16-29-20-9-7-19(8-10-20)25(30(2,27)28)15-18-5-3-4-6-21(18)23/h3-10,17H,11-16H2,1-2H3. The number of rotatable bonds is 7. The minimum absolute atomic E-state index is 0.0525. The van der Waals surface area contributed by atoms with Crippen molar-refractivity contribution in [1.82, 2.24) is 4.90 Å². The Labute approximate surface area is 177 Å². The summed E-state index contributed by atoms with van der Waals surface area (Å²) >= 11 is 0. The summed E-state index contributed by atoms with van der Waals surface area (Å²) in [6.07, 6.45) is 3.09. The lowest BCUT2D eigenvalue weighted by molar-refractivity contribution is -0.134. The van der Waals surface area contributed by atoms with Crippen LogP contribution in [0.2, 0.25) is 0 Å². The lowest BCUT2D eigenvalue weighted by atomic mass is 9.99. The Bertz CT molecular complexity index is 971. The lowest BCUT2D eigenvalue weighted by Crippen LogP contribution is -2.40. The lowest BCUT2D eigenvalue weighted by Gasteiger charge is -2.30. The molecule has 0 saturated carbocycles. The van der Waals surface area contributed by atoms with E-state index in [1.54, 1.807) is 42.5 Å². The van der Waals surface area contributed by atoms with Crippen LogP contribution in [0.5, 0.6) is 5.75 Å². The molecule has 3 rings (SSSR count). The molecule has 8 heteroatoms. The van der Waals surface area contributed by atoms with Crippen molar-refractivity contribution in [3.8, 4) is 5.75 Å². The van der Waals surface area contributed by atoms with Crippen LogP contribution in [0.15, 0.2) is 48.5 Å². The van der Waals surface area contributed by atoms with Crippen LogP contribution >= 0.6 is 0 Å². The van der Waals surface area contributed by atoms with Gasteiger partial charge in [0.25, 0.3) is 5.91 Å². The minimum Gasteiger partial charge on any atom is -0.484 e. The normalized spacial score (nSPS) is 15.1. The summed E-state index contributed by atoms with van der Waals surface area (Å²) in [5, 5.41) is 0. The maximum atomic E-state index is 14.0. The quantitative estimate of drug-likeness (QED) is 0.670. The highest BCUT2D eigenvalue weighted by atomic mass is 32.2. The number of piperidine rings is 1. The molecule has 1 saturated heterocycles. The maximum Gasteiger partial charge on any atom is 0.260 e. The van der Waals surface area contributed by atoms with E-state index in [2.05, 4.69) is 6.92 Å². The first-order valence-electron chi connectivity index (χ1n) is 9.96. The van der Waals surface area contributed by atoms with E-state index in [1.807, 2.05) is 4.90 Å². The first kappa shape index (κ1) is 22.1. The van der Waals surface area contributed by atoms with Gasteiger partial charge in [-0.15, -0.1) is 0 Å². The molecule has 1 aliphatic rings. The van der Waals surface area contributed by atoms with Crippen molar-refractivity contribution in [2.24, 2.45) is 5.92 Å². The summed E-state index contributed by atoms with van der Waals surface area (Å²) in [5.74, 6) is 0.599. The zero-order valence-corrected chi connectivity index (χ0v) is 18.1. The van der Waals surface area contributed by atoms with Crippen molar-refractivity contribution in [2.75, 3.05) is 30.3 Å². The summed E-state index contributed by atoms with van der Waals surface area (Å²) in [7, 11) is -3.63. The SMILES string of the molecule is CC1CCN(C(=O)COc2ccc(N(Cc3ccccc3F)S(C)(=O)=O)cc2)CC1. The van der Waals surface area contributed by atoms with Crippen molar-refractivity contribution >= 4 is 21.6 Å². The van der Waals surface area contributed by atoms with Crippen LogP contribution in [0, 0.1) is 11.7 Å². The van der Waals surface area contributed by atoms with E-state index in [1.165, 1.54) is 6.07 Å². The summed E-state index contributed by atoms with van der Waals surface area (Å²) in [6, 6.07) is 12.5. The van der Waals surface area contributed by atoms with Crippen LogP contribution in [0.4, 0.5) is 10.1 Å². The number of likely N-dealkylation sites (tertiary alicyclic amines) is 1. The van der Waals surface area contributed by atoms with Crippen LogP contribution in [0.3, 0.4) is 0 Å². The van der Waals surface area contributed by atoms with E-state index in [9.17, 15) is 17.6 Å². The first-order valence-corrected chi connectivity index (χ1v) is 11.8. The number of nitrogens with zero attached hydrogens (tertiary/aromatic N) is 2. The fourth-order valence-corrected chi connectivity index (χ4v) is 4.26. The average molecular weight is 435 g/mol. The average Bonchev–Trinajstić information content (AvgIpc) is 2.71. The van der Waals surface area contributed by atoms with E-state index in [0.717, 1.165) is 36.5 Å². The fourth-order valence-electron chi connectivity index (χ4n) is 3.38. The predicted octanol–water partition coefficient (Wildman–Crippen LogP) is 3.43. The van der Waals surface area contributed by atoms with E-state index in [-0.39, 0.29) is 24.6 Å². The van der Waals surface area contributed by atoms with E-state index >= 15 is 0 Å². The third-order valence-electron chi connectivity index (χ3n) is 5.30. The molecule has 6 nitrogen and oxygen atoms in total. The molecule has 2 aromatic carbocycles. The highest BCUT2D eigenvalue weighted by Crippen LogP contribution is 2.24. The monoisotopic (exact) mass is 434 g/mol. The number of carbonyl (C=O) groups excluding carboxylic acids is 1. The highest BCUT2D eigenvalue weighted by Gasteiger charge is 2.21. The number of ether oxygens (including phenoxy) is 1. The van der Waals surface area contributed by atoms with Gasteiger partial charge in [0.1, 0.15) is 11.6 Å². The van der Waals surface area contributed by atoms with E-state index < -0.39 is 15.8 Å². The topological polar surface area (TPSA) is 66.9 Å². The Kier molecular flexibility index (Phi) is 6.97. The van der Waals surface area contributed by atoms with Crippen LogP contribution in [-0.2, 0) is 21.4 Å². The van der Waals surface area contributed by atoms with Gasteiger partial charge in [0.15, 0.2) is 6.61 Å². The number of benzene rings is 2. The zero-order chi connectivity index (χ0) is 21.7. The molecule has 2 aromatic rings. The Morgan fingerprint density at radius 1 is 1.13 bits per heavy atom. The largest absolute Gasteiger partial charge is 0.484 e. The second-order valence-electron chi connectivity index (χ2n) is 7.71. The molecule has 0 aliphatic carbocycles. The Balaban J connectivity index is 1.65. The van der Waals surface area contributed by atoms with Gasteiger partial charge in [-0.3, -0.25) is 9.10 Å². The number of sulfonamides is 1. The minimum atomic E-state index is -3.63. The molecule has 0 aromatic heterocycles. The van der Waals surface area contributed by atoms with E-state index in [4.69, 9.17) is 4.74 Å². The van der Waals surface area contributed by atoms with Gasteiger partial charge in [-0.2, -0.15) is 0 Å². The van der Waals surface area contributed by atoms with Crippen LogP contribution in [-0.4, -0.2) is 45.2 Å². The number of carbonyl (C=O) groups is 1. The number of amides is 1. The number of anilines is 1. The molecule has 30 heavy (non-hydrogen) atoms.